The lowest BCUT2D eigenvalue weighted by Gasteiger charge is -2.28. The van der Waals surface area contributed by atoms with Gasteiger partial charge in [-0.15, -0.1) is 0 Å². The fraction of sp³-hybridized carbons (Fsp3) is 0. The maximum absolute atomic E-state index is 6.42. The van der Waals surface area contributed by atoms with Crippen molar-refractivity contribution in [3.05, 3.63) is 194 Å². The summed E-state index contributed by atoms with van der Waals surface area (Å²) < 4.78 is 12.6. The third kappa shape index (κ3) is 5.54. The number of nitrogens with zero attached hydrogens (tertiary/aromatic N) is 2. The molecule has 0 aliphatic carbocycles. The molecule has 0 spiro atoms. The molecule has 0 N–H and O–H groups in total. The predicted octanol–water partition coefficient (Wildman–Crippen LogP) is 13.9. The molecule has 0 saturated heterocycles. The summed E-state index contributed by atoms with van der Waals surface area (Å²) in [7, 11) is 0. The molecule has 2 heterocycles. The molecule has 0 aliphatic rings. The maximum Gasteiger partial charge on any atom is 0.227 e. The zero-order chi connectivity index (χ0) is 35.1. The first-order valence-corrected chi connectivity index (χ1v) is 17.8. The van der Waals surface area contributed by atoms with Crippen LogP contribution in [0.15, 0.2) is 203 Å². The number of rotatable bonds is 7. The van der Waals surface area contributed by atoms with Crippen molar-refractivity contribution >= 4 is 50.1 Å². The maximum atomic E-state index is 6.42. The van der Waals surface area contributed by atoms with E-state index >= 15 is 0 Å². The van der Waals surface area contributed by atoms with Crippen LogP contribution in [0.2, 0.25) is 0 Å². The molecule has 0 atom stereocenters. The topological polar surface area (TPSA) is 42.4 Å². The number of para-hydroxylation sites is 1. The van der Waals surface area contributed by atoms with Crippen molar-refractivity contribution in [2.24, 2.45) is 0 Å². The summed E-state index contributed by atoms with van der Waals surface area (Å²) in [4.78, 5) is 7.25. The molecule has 53 heavy (non-hydrogen) atoms. The van der Waals surface area contributed by atoms with E-state index in [-0.39, 0.29) is 0 Å². The van der Waals surface area contributed by atoms with Gasteiger partial charge in [0.15, 0.2) is 5.58 Å². The van der Waals surface area contributed by atoms with Crippen LogP contribution in [0.5, 0.6) is 0 Å². The highest BCUT2D eigenvalue weighted by atomic mass is 16.4. The van der Waals surface area contributed by atoms with Crippen LogP contribution in [0.3, 0.4) is 0 Å². The smallest absolute Gasteiger partial charge is 0.227 e. The monoisotopic (exact) mass is 680 g/mol. The molecule has 4 heteroatoms. The van der Waals surface area contributed by atoms with E-state index in [1.54, 1.807) is 0 Å². The molecule has 0 amide bonds. The summed E-state index contributed by atoms with van der Waals surface area (Å²) in [6, 6.07) is 67.7. The molecule has 0 unspecified atom stereocenters. The van der Waals surface area contributed by atoms with Crippen LogP contribution in [-0.4, -0.2) is 4.98 Å². The molecular formula is C49H32N2O2. The summed E-state index contributed by atoms with van der Waals surface area (Å²) in [5.74, 6) is 0.603. The number of hydrogen-bond donors (Lipinski definition) is 0. The van der Waals surface area contributed by atoms with Crippen molar-refractivity contribution in [1.29, 1.82) is 0 Å². The van der Waals surface area contributed by atoms with Gasteiger partial charge < -0.3 is 13.7 Å². The van der Waals surface area contributed by atoms with Gasteiger partial charge >= 0.3 is 0 Å². The number of oxazole rings is 1. The van der Waals surface area contributed by atoms with Crippen molar-refractivity contribution in [3.8, 4) is 44.8 Å². The Morgan fingerprint density at radius 3 is 1.58 bits per heavy atom. The number of anilines is 3. The third-order valence-corrected chi connectivity index (χ3v) is 9.94. The Balaban J connectivity index is 1.04. The van der Waals surface area contributed by atoms with Crippen LogP contribution < -0.4 is 4.90 Å². The first-order valence-electron chi connectivity index (χ1n) is 17.8. The van der Waals surface area contributed by atoms with Gasteiger partial charge in [0.2, 0.25) is 5.89 Å². The average Bonchev–Trinajstić information content (AvgIpc) is 3.84. The summed E-state index contributed by atoms with van der Waals surface area (Å²) >= 11 is 0. The molecule has 0 radical (unpaired) electrons. The van der Waals surface area contributed by atoms with Gasteiger partial charge in [0.05, 0.1) is 11.1 Å². The van der Waals surface area contributed by atoms with Crippen molar-refractivity contribution < 1.29 is 8.83 Å². The van der Waals surface area contributed by atoms with Crippen LogP contribution in [0.1, 0.15) is 0 Å². The van der Waals surface area contributed by atoms with E-state index in [9.17, 15) is 0 Å². The van der Waals surface area contributed by atoms with Crippen molar-refractivity contribution in [3.63, 3.8) is 0 Å². The molecular weight excluding hydrogens is 649 g/mol. The van der Waals surface area contributed by atoms with Crippen LogP contribution in [0, 0.1) is 0 Å². The van der Waals surface area contributed by atoms with E-state index in [1.165, 1.54) is 16.7 Å². The molecule has 10 rings (SSSR count). The fourth-order valence-electron chi connectivity index (χ4n) is 7.33. The van der Waals surface area contributed by atoms with Crippen LogP contribution in [0.25, 0.3) is 77.9 Å². The van der Waals surface area contributed by atoms with Crippen molar-refractivity contribution in [1.82, 2.24) is 4.98 Å². The highest BCUT2D eigenvalue weighted by Gasteiger charge is 2.19. The molecule has 2 aromatic heterocycles. The normalized spacial score (nSPS) is 11.4. The standard InChI is InChI=1S/C49H32N2O2/c1-4-12-33(13-5-1)34-20-25-39(26-21-34)51(43-19-11-10-18-41(43)36-14-6-2-7-15-36)40-27-22-35(23-28-40)38-24-29-42-46(32-38)52-44-30-31-45-48(47(42)44)50-49(53-45)37-16-8-3-9-17-37/h1-32H. The predicted molar refractivity (Wildman–Crippen MR) is 218 cm³/mol. The lowest BCUT2D eigenvalue weighted by atomic mass is 10.00. The second-order valence-electron chi connectivity index (χ2n) is 13.2. The molecule has 0 bridgehead atoms. The molecule has 0 aliphatic heterocycles. The highest BCUT2D eigenvalue weighted by molar-refractivity contribution is 6.17. The number of benzene rings is 8. The Bertz CT molecular complexity index is 2860. The molecule has 10 aromatic rings. The van der Waals surface area contributed by atoms with Gasteiger partial charge in [0, 0.05) is 27.9 Å². The Morgan fingerprint density at radius 2 is 0.906 bits per heavy atom. The number of hydrogen-bond acceptors (Lipinski definition) is 4. The molecule has 0 fully saturated rings. The van der Waals surface area contributed by atoms with Gasteiger partial charge in [-0.1, -0.05) is 127 Å². The molecule has 0 saturated carbocycles. The van der Waals surface area contributed by atoms with E-state index in [2.05, 4.69) is 157 Å². The van der Waals surface area contributed by atoms with Crippen molar-refractivity contribution in [2.45, 2.75) is 0 Å². The van der Waals surface area contributed by atoms with E-state index in [0.29, 0.717) is 5.89 Å². The second kappa shape index (κ2) is 12.9. The van der Waals surface area contributed by atoms with Gasteiger partial charge in [-0.2, -0.15) is 0 Å². The number of fused-ring (bicyclic) bond motifs is 5. The average molecular weight is 681 g/mol. The zero-order valence-electron chi connectivity index (χ0n) is 28.7. The Labute approximate surface area is 306 Å². The van der Waals surface area contributed by atoms with Gasteiger partial charge in [-0.05, 0) is 94.5 Å². The summed E-state index contributed by atoms with van der Waals surface area (Å²) in [5, 5.41) is 1.98. The van der Waals surface area contributed by atoms with E-state index in [1.807, 2.05) is 42.5 Å². The minimum absolute atomic E-state index is 0.603. The highest BCUT2D eigenvalue weighted by Crippen LogP contribution is 2.42. The SMILES string of the molecule is c1ccc(-c2ccc(N(c3ccc(-c4ccc5c(c4)oc4ccc6oc(-c7ccccc7)nc6c45)cc3)c3ccccc3-c3ccccc3)cc2)cc1. The largest absolute Gasteiger partial charge is 0.456 e. The summed E-state index contributed by atoms with van der Waals surface area (Å²) in [5.41, 5.74) is 14.3. The van der Waals surface area contributed by atoms with E-state index < -0.39 is 0 Å². The molecule has 4 nitrogen and oxygen atoms in total. The number of furan rings is 1. The van der Waals surface area contributed by atoms with Gasteiger partial charge in [-0.3, -0.25) is 0 Å². The van der Waals surface area contributed by atoms with Crippen molar-refractivity contribution in [2.75, 3.05) is 4.90 Å². The van der Waals surface area contributed by atoms with Gasteiger partial charge in [0.1, 0.15) is 16.7 Å². The minimum Gasteiger partial charge on any atom is -0.456 e. The van der Waals surface area contributed by atoms with E-state index in [4.69, 9.17) is 13.8 Å². The lowest BCUT2D eigenvalue weighted by Crippen LogP contribution is -2.11. The molecule has 8 aromatic carbocycles. The van der Waals surface area contributed by atoms with Gasteiger partial charge in [-0.25, -0.2) is 4.98 Å². The summed E-state index contributed by atoms with van der Waals surface area (Å²) in [6.45, 7) is 0. The second-order valence-corrected chi connectivity index (χ2v) is 13.2. The quantitative estimate of drug-likeness (QED) is 0.168. The molecule has 250 valence electrons. The van der Waals surface area contributed by atoms with Crippen LogP contribution in [0.4, 0.5) is 17.1 Å². The van der Waals surface area contributed by atoms with E-state index in [0.717, 1.165) is 72.4 Å². The fourth-order valence-corrected chi connectivity index (χ4v) is 7.33. The number of aromatic nitrogens is 1. The van der Waals surface area contributed by atoms with Crippen LogP contribution >= 0.6 is 0 Å². The zero-order valence-corrected chi connectivity index (χ0v) is 28.7. The first-order chi connectivity index (χ1) is 26.3. The first kappa shape index (κ1) is 30.6. The Kier molecular flexibility index (Phi) is 7.43. The Morgan fingerprint density at radius 1 is 0.377 bits per heavy atom. The minimum atomic E-state index is 0.603. The Hall–Kier alpha value is -7.17. The van der Waals surface area contributed by atoms with Gasteiger partial charge in [0.25, 0.3) is 0 Å². The van der Waals surface area contributed by atoms with Crippen LogP contribution in [-0.2, 0) is 0 Å². The summed E-state index contributed by atoms with van der Waals surface area (Å²) in [6.07, 6.45) is 0. The lowest BCUT2D eigenvalue weighted by molar-refractivity contribution is 0.619. The third-order valence-electron chi connectivity index (χ3n) is 9.94.